The Morgan fingerprint density at radius 1 is 1.21 bits per heavy atom. The van der Waals surface area contributed by atoms with E-state index in [1.165, 1.54) is 4.90 Å². The maximum absolute atomic E-state index is 11.1. The molecule has 1 unspecified atom stereocenters. The smallest absolute Gasteiger partial charge is 0.316 e. The quantitative estimate of drug-likeness (QED) is 0.649. The minimum absolute atomic E-state index is 0.0380. The van der Waals surface area contributed by atoms with Gasteiger partial charge in [0.1, 0.15) is 0 Å². The van der Waals surface area contributed by atoms with Gasteiger partial charge in [-0.2, -0.15) is 0 Å². The van der Waals surface area contributed by atoms with Gasteiger partial charge >= 0.3 is 6.03 Å². The molecule has 2 amide bonds. The highest BCUT2D eigenvalue weighted by Crippen LogP contribution is 1.98. The van der Waals surface area contributed by atoms with Gasteiger partial charge in [0.2, 0.25) is 0 Å². The number of hydrogen-bond donors (Lipinski definition) is 2. The van der Waals surface area contributed by atoms with Crippen molar-refractivity contribution in [1.82, 2.24) is 15.5 Å². The fraction of sp³-hybridized carbons (Fsp3) is 0.900. The third-order valence-corrected chi connectivity index (χ3v) is 2.27. The van der Waals surface area contributed by atoms with E-state index in [1.54, 1.807) is 14.1 Å². The lowest BCUT2D eigenvalue weighted by Gasteiger charge is -2.18. The van der Waals surface area contributed by atoms with Crippen molar-refractivity contribution in [3.8, 4) is 0 Å². The lowest BCUT2D eigenvalue weighted by molar-refractivity contribution is 0.217. The number of rotatable bonds is 5. The van der Waals surface area contributed by atoms with E-state index in [4.69, 9.17) is 0 Å². The van der Waals surface area contributed by atoms with Crippen LogP contribution in [0.1, 0.15) is 20.8 Å². The van der Waals surface area contributed by atoms with Crippen LogP contribution in [-0.4, -0.2) is 44.2 Å². The molecule has 0 fully saturated rings. The minimum atomic E-state index is -0.0380. The maximum Gasteiger partial charge on any atom is 0.316 e. The zero-order valence-electron chi connectivity index (χ0n) is 9.92. The number of carbonyl (C=O) groups is 1. The summed E-state index contributed by atoms with van der Waals surface area (Å²) in [6.07, 6.45) is 0. The first-order chi connectivity index (χ1) is 6.45. The number of carbonyl (C=O) groups excluding carboxylic acids is 1. The van der Waals surface area contributed by atoms with E-state index in [2.05, 4.69) is 31.4 Å². The molecule has 0 saturated carbocycles. The van der Waals surface area contributed by atoms with Crippen molar-refractivity contribution in [2.45, 2.75) is 26.8 Å². The lowest BCUT2D eigenvalue weighted by Crippen LogP contribution is -2.41. The van der Waals surface area contributed by atoms with E-state index in [0.29, 0.717) is 18.5 Å². The van der Waals surface area contributed by atoms with Crippen molar-refractivity contribution >= 4 is 6.03 Å². The Morgan fingerprint density at radius 3 is 2.21 bits per heavy atom. The van der Waals surface area contributed by atoms with E-state index in [0.717, 1.165) is 6.54 Å². The van der Waals surface area contributed by atoms with Gasteiger partial charge in [0.15, 0.2) is 0 Å². The van der Waals surface area contributed by atoms with Gasteiger partial charge in [0, 0.05) is 33.2 Å². The van der Waals surface area contributed by atoms with E-state index >= 15 is 0 Å². The zero-order valence-corrected chi connectivity index (χ0v) is 9.92. The molecule has 4 nitrogen and oxygen atoms in total. The number of nitrogens with zero attached hydrogens (tertiary/aromatic N) is 1. The predicted octanol–water partition coefficient (Wildman–Crippen LogP) is 0.892. The van der Waals surface area contributed by atoms with Crippen molar-refractivity contribution in [3.05, 3.63) is 0 Å². The van der Waals surface area contributed by atoms with Crippen LogP contribution < -0.4 is 10.6 Å². The summed E-state index contributed by atoms with van der Waals surface area (Å²) in [6, 6.07) is 0.454. The van der Waals surface area contributed by atoms with Gasteiger partial charge in [-0.25, -0.2) is 4.79 Å². The Kier molecular flexibility index (Phi) is 6.28. The number of hydrogen-bond acceptors (Lipinski definition) is 2. The van der Waals surface area contributed by atoms with Gasteiger partial charge < -0.3 is 15.5 Å². The first-order valence-corrected chi connectivity index (χ1v) is 5.13. The molecule has 0 aromatic rings. The van der Waals surface area contributed by atoms with Crippen molar-refractivity contribution in [1.29, 1.82) is 0 Å². The Balaban J connectivity index is 3.43. The molecule has 0 spiro atoms. The Labute approximate surface area is 87.0 Å². The predicted molar refractivity (Wildman–Crippen MR) is 59.4 cm³/mol. The molecule has 0 aliphatic rings. The number of urea groups is 1. The van der Waals surface area contributed by atoms with Crippen LogP contribution in [0.3, 0.4) is 0 Å². The lowest BCUT2D eigenvalue weighted by atomic mass is 10.1. The summed E-state index contributed by atoms with van der Waals surface area (Å²) in [5.74, 6) is 0.625. The standard InChI is InChI=1S/C10H23N3O/c1-8(2)9(3)11-6-7-12-10(14)13(4)5/h8-9,11H,6-7H2,1-5H3,(H,12,14). The first kappa shape index (κ1) is 13.2. The molecule has 0 aliphatic heterocycles. The highest BCUT2D eigenvalue weighted by Gasteiger charge is 2.05. The van der Waals surface area contributed by atoms with Crippen LogP contribution in [0.5, 0.6) is 0 Å². The van der Waals surface area contributed by atoms with E-state index in [1.807, 2.05) is 0 Å². The van der Waals surface area contributed by atoms with Crippen molar-refractivity contribution in [3.63, 3.8) is 0 Å². The Hall–Kier alpha value is -0.770. The summed E-state index contributed by atoms with van der Waals surface area (Å²) in [4.78, 5) is 12.6. The third-order valence-electron chi connectivity index (χ3n) is 2.27. The average molecular weight is 201 g/mol. The Morgan fingerprint density at radius 2 is 1.79 bits per heavy atom. The minimum Gasteiger partial charge on any atom is -0.337 e. The molecule has 0 aliphatic carbocycles. The summed E-state index contributed by atoms with van der Waals surface area (Å²) < 4.78 is 0. The molecular formula is C10H23N3O. The maximum atomic E-state index is 11.1. The molecule has 4 heteroatoms. The second-order valence-electron chi connectivity index (χ2n) is 4.11. The van der Waals surface area contributed by atoms with Crippen molar-refractivity contribution in [2.24, 2.45) is 5.92 Å². The fourth-order valence-corrected chi connectivity index (χ4v) is 0.863. The largest absolute Gasteiger partial charge is 0.337 e. The van der Waals surface area contributed by atoms with Gasteiger partial charge in [0.05, 0.1) is 0 Å². The summed E-state index contributed by atoms with van der Waals surface area (Å²) in [6.45, 7) is 8.00. The average Bonchev–Trinajstić information content (AvgIpc) is 2.11. The molecule has 0 aromatic heterocycles. The number of nitrogens with one attached hydrogen (secondary N) is 2. The van der Waals surface area contributed by atoms with E-state index < -0.39 is 0 Å². The van der Waals surface area contributed by atoms with Crippen LogP contribution in [0.25, 0.3) is 0 Å². The van der Waals surface area contributed by atoms with Crippen LogP contribution >= 0.6 is 0 Å². The highest BCUT2D eigenvalue weighted by molar-refractivity contribution is 5.73. The van der Waals surface area contributed by atoms with E-state index in [-0.39, 0.29) is 6.03 Å². The molecule has 14 heavy (non-hydrogen) atoms. The zero-order chi connectivity index (χ0) is 11.1. The normalized spacial score (nSPS) is 12.7. The molecule has 2 N–H and O–H groups in total. The number of amides is 2. The van der Waals surface area contributed by atoms with Crippen molar-refractivity contribution < 1.29 is 4.79 Å². The van der Waals surface area contributed by atoms with Crippen LogP contribution in [0.15, 0.2) is 0 Å². The van der Waals surface area contributed by atoms with Crippen LogP contribution in [0.2, 0.25) is 0 Å². The molecule has 0 saturated heterocycles. The SMILES string of the molecule is CC(C)C(C)NCCNC(=O)N(C)C. The van der Waals surface area contributed by atoms with Gasteiger partial charge in [-0.15, -0.1) is 0 Å². The molecule has 0 heterocycles. The van der Waals surface area contributed by atoms with E-state index in [9.17, 15) is 4.79 Å². The van der Waals surface area contributed by atoms with Crippen LogP contribution in [-0.2, 0) is 0 Å². The second kappa shape index (κ2) is 6.65. The Bertz CT molecular complexity index is 169. The molecule has 84 valence electrons. The fourth-order valence-electron chi connectivity index (χ4n) is 0.863. The first-order valence-electron chi connectivity index (χ1n) is 5.13. The highest BCUT2D eigenvalue weighted by atomic mass is 16.2. The summed E-state index contributed by atoms with van der Waals surface area (Å²) in [5.41, 5.74) is 0. The molecule has 0 aromatic carbocycles. The second-order valence-corrected chi connectivity index (χ2v) is 4.11. The van der Waals surface area contributed by atoms with Gasteiger partial charge in [-0.05, 0) is 12.8 Å². The molecule has 0 radical (unpaired) electrons. The third kappa shape index (κ3) is 5.80. The molecule has 0 rings (SSSR count). The van der Waals surface area contributed by atoms with Crippen molar-refractivity contribution in [2.75, 3.05) is 27.2 Å². The van der Waals surface area contributed by atoms with Crippen LogP contribution in [0, 0.1) is 5.92 Å². The van der Waals surface area contributed by atoms with Crippen LogP contribution in [0.4, 0.5) is 4.79 Å². The van der Waals surface area contributed by atoms with Gasteiger partial charge in [-0.1, -0.05) is 13.8 Å². The molecule has 1 atom stereocenters. The topological polar surface area (TPSA) is 44.4 Å². The summed E-state index contributed by atoms with van der Waals surface area (Å²) >= 11 is 0. The monoisotopic (exact) mass is 201 g/mol. The summed E-state index contributed by atoms with van der Waals surface area (Å²) in [7, 11) is 3.47. The van der Waals surface area contributed by atoms with Gasteiger partial charge in [0.25, 0.3) is 0 Å². The molecular weight excluding hydrogens is 178 g/mol. The summed E-state index contributed by atoms with van der Waals surface area (Å²) in [5, 5.41) is 6.14. The molecule has 0 bridgehead atoms. The van der Waals surface area contributed by atoms with Gasteiger partial charge in [-0.3, -0.25) is 0 Å².